The number of aryl methyl sites for hydroxylation is 1. The van der Waals surface area contributed by atoms with E-state index in [0.717, 1.165) is 10.9 Å². The summed E-state index contributed by atoms with van der Waals surface area (Å²) >= 11 is 0. The maximum Gasteiger partial charge on any atom is 0.265 e. The third-order valence-electron chi connectivity index (χ3n) is 3.94. The maximum absolute atomic E-state index is 12.9. The number of hydrogen-bond donors (Lipinski definition) is 2. The summed E-state index contributed by atoms with van der Waals surface area (Å²) < 4.78 is 58.5. The van der Waals surface area contributed by atoms with Crippen molar-refractivity contribution in [2.75, 3.05) is 23.3 Å². The number of hydrogen-bond acceptors (Lipinski definition) is 9. The van der Waals surface area contributed by atoms with Gasteiger partial charge in [0.05, 0.1) is 35.7 Å². The number of nitrogens with one attached hydrogen (secondary N) is 1. The zero-order chi connectivity index (χ0) is 21.1. The van der Waals surface area contributed by atoms with Gasteiger partial charge >= 0.3 is 0 Å². The van der Waals surface area contributed by atoms with E-state index in [-0.39, 0.29) is 39.2 Å². The number of para-hydroxylation sites is 2. The quantitative estimate of drug-likeness (QED) is 0.478. The Labute approximate surface area is 167 Å². The van der Waals surface area contributed by atoms with E-state index in [1.807, 2.05) is 0 Å². The van der Waals surface area contributed by atoms with Crippen molar-refractivity contribution in [2.24, 2.45) is 0 Å². The number of tetrazole rings is 1. The summed E-state index contributed by atoms with van der Waals surface area (Å²) in [5.74, 6) is -0.349. The fourth-order valence-corrected chi connectivity index (χ4v) is 5.03. The van der Waals surface area contributed by atoms with Crippen molar-refractivity contribution in [3.05, 3.63) is 48.8 Å². The van der Waals surface area contributed by atoms with Crippen LogP contribution in [0.3, 0.4) is 0 Å². The molecule has 0 atom stereocenters. The molecule has 0 amide bonds. The highest BCUT2D eigenvalue weighted by Gasteiger charge is 2.25. The van der Waals surface area contributed by atoms with Crippen LogP contribution >= 0.6 is 0 Å². The molecule has 0 saturated heterocycles. The molecule has 0 aliphatic carbocycles. The molecule has 0 radical (unpaired) electrons. The lowest BCUT2D eigenvalue weighted by molar-refractivity contribution is 0.402. The Morgan fingerprint density at radius 1 is 1.14 bits per heavy atom. The number of nitrogens with zero attached hydrogens (tertiary/aromatic N) is 4. The van der Waals surface area contributed by atoms with Gasteiger partial charge in [-0.25, -0.2) is 16.8 Å². The average Bonchev–Trinajstić information content (AvgIpc) is 3.21. The molecule has 1 heterocycles. The first kappa shape index (κ1) is 20.5. The van der Waals surface area contributed by atoms with Crippen LogP contribution in [0.1, 0.15) is 0 Å². The summed E-state index contributed by atoms with van der Waals surface area (Å²) in [4.78, 5) is 0.612. The van der Waals surface area contributed by atoms with E-state index in [2.05, 4.69) is 20.1 Å². The second kappa shape index (κ2) is 8.05. The van der Waals surface area contributed by atoms with Gasteiger partial charge in [-0.05, 0) is 35.5 Å². The molecule has 154 valence electrons. The monoisotopic (exact) mass is 438 g/mol. The van der Waals surface area contributed by atoms with Gasteiger partial charge < -0.3 is 10.5 Å². The Balaban J connectivity index is 1.95. The summed E-state index contributed by atoms with van der Waals surface area (Å²) in [6.45, 7) is -0.0325. The largest absolute Gasteiger partial charge is 0.495 e. The van der Waals surface area contributed by atoms with Gasteiger partial charge in [0.25, 0.3) is 10.0 Å². The summed E-state index contributed by atoms with van der Waals surface area (Å²) in [6.07, 6.45) is 1.19. The molecule has 0 aliphatic heterocycles. The number of nitrogens with two attached hydrogens (primary N) is 1. The van der Waals surface area contributed by atoms with Crippen LogP contribution in [0.4, 0.5) is 11.4 Å². The van der Waals surface area contributed by atoms with Crippen molar-refractivity contribution in [1.29, 1.82) is 0 Å². The van der Waals surface area contributed by atoms with Gasteiger partial charge in [-0.15, -0.1) is 10.2 Å². The number of methoxy groups -OCH3 is 1. The van der Waals surface area contributed by atoms with Crippen molar-refractivity contribution in [1.82, 2.24) is 20.2 Å². The highest BCUT2D eigenvalue weighted by molar-refractivity contribution is 7.93. The molecule has 11 nitrogen and oxygen atoms in total. The Morgan fingerprint density at radius 2 is 1.90 bits per heavy atom. The zero-order valence-corrected chi connectivity index (χ0v) is 16.9. The van der Waals surface area contributed by atoms with E-state index in [9.17, 15) is 16.8 Å². The van der Waals surface area contributed by atoms with Gasteiger partial charge in [0.2, 0.25) is 0 Å². The second-order valence-electron chi connectivity index (χ2n) is 5.86. The number of sulfonamides is 1. The first-order valence-electron chi connectivity index (χ1n) is 8.22. The summed E-state index contributed by atoms with van der Waals surface area (Å²) in [5, 5.41) is 10.9. The number of rotatable bonds is 8. The minimum atomic E-state index is -4.18. The van der Waals surface area contributed by atoms with E-state index in [1.165, 1.54) is 37.7 Å². The van der Waals surface area contributed by atoms with Crippen LogP contribution in [-0.2, 0) is 26.4 Å². The molecule has 1 aromatic heterocycles. The molecule has 3 aromatic rings. The molecule has 29 heavy (non-hydrogen) atoms. The molecule has 0 bridgehead atoms. The number of aromatic nitrogens is 4. The number of ether oxygens (including phenoxy) is 1. The van der Waals surface area contributed by atoms with Crippen LogP contribution in [0.25, 0.3) is 0 Å². The van der Waals surface area contributed by atoms with Gasteiger partial charge in [-0.2, -0.15) is 4.80 Å². The van der Waals surface area contributed by atoms with Crippen LogP contribution in [-0.4, -0.2) is 49.9 Å². The summed E-state index contributed by atoms with van der Waals surface area (Å²) in [6, 6.07) is 9.90. The zero-order valence-electron chi connectivity index (χ0n) is 15.3. The van der Waals surface area contributed by atoms with E-state index in [1.54, 1.807) is 12.1 Å². The first-order chi connectivity index (χ1) is 13.7. The lowest BCUT2D eigenvalue weighted by atomic mass is 10.3. The van der Waals surface area contributed by atoms with Crippen LogP contribution in [0.5, 0.6) is 5.75 Å². The number of nitrogen functional groups attached to an aromatic ring is 1. The van der Waals surface area contributed by atoms with E-state index < -0.39 is 19.9 Å². The lowest BCUT2D eigenvalue weighted by Crippen LogP contribution is -2.18. The van der Waals surface area contributed by atoms with Crippen LogP contribution < -0.4 is 15.2 Å². The molecule has 0 aliphatic rings. The van der Waals surface area contributed by atoms with Gasteiger partial charge in [0.1, 0.15) is 10.6 Å². The van der Waals surface area contributed by atoms with Crippen molar-refractivity contribution in [3.63, 3.8) is 0 Å². The smallest absolute Gasteiger partial charge is 0.265 e. The van der Waals surface area contributed by atoms with Crippen molar-refractivity contribution in [3.8, 4) is 5.75 Å². The third-order valence-corrected chi connectivity index (χ3v) is 7.02. The normalized spacial score (nSPS) is 11.9. The van der Waals surface area contributed by atoms with Crippen LogP contribution in [0.2, 0.25) is 0 Å². The highest BCUT2D eigenvalue weighted by atomic mass is 32.2. The molecule has 3 N–H and O–H groups in total. The summed E-state index contributed by atoms with van der Waals surface area (Å²) in [7, 11) is -6.72. The molecule has 13 heteroatoms. The van der Waals surface area contributed by atoms with Crippen molar-refractivity contribution < 1.29 is 21.6 Å². The topological polar surface area (TPSA) is 159 Å². The molecule has 0 unspecified atom stereocenters. The second-order valence-corrected chi connectivity index (χ2v) is 9.62. The molecular formula is C16H18N6O5S2. The number of benzene rings is 2. The first-order valence-corrected chi connectivity index (χ1v) is 11.4. The number of sulfone groups is 1. The van der Waals surface area contributed by atoms with Crippen molar-refractivity contribution in [2.45, 2.75) is 16.3 Å². The lowest BCUT2D eigenvalue weighted by Gasteiger charge is -2.14. The van der Waals surface area contributed by atoms with Gasteiger partial charge in [0.15, 0.2) is 16.2 Å². The van der Waals surface area contributed by atoms with Crippen LogP contribution in [0.15, 0.2) is 58.6 Å². The molecule has 0 spiro atoms. The Bertz CT molecular complexity index is 1210. The fourth-order valence-electron chi connectivity index (χ4n) is 2.46. The van der Waals surface area contributed by atoms with Gasteiger partial charge in [-0.1, -0.05) is 12.1 Å². The Hall–Kier alpha value is -3.19. The Kier molecular flexibility index (Phi) is 5.70. The maximum atomic E-state index is 12.9. The van der Waals surface area contributed by atoms with Crippen molar-refractivity contribution >= 4 is 31.2 Å². The SMILES string of the molecule is COc1ccc(S(=O)(=O)CCn2ncnn2)cc1S(=O)(=O)Nc1ccccc1N. The molecule has 3 rings (SSSR count). The standard InChI is InChI=1S/C16H18N6O5S2/c1-27-15-7-6-12(28(23,24)9-8-22-19-11-18-21-22)10-16(15)29(25,26)20-14-5-3-2-4-13(14)17/h2-7,10-11,20H,8-9,17H2,1H3. The average molecular weight is 438 g/mol. The number of anilines is 2. The molecular weight excluding hydrogens is 420 g/mol. The van der Waals surface area contributed by atoms with E-state index in [4.69, 9.17) is 10.5 Å². The summed E-state index contributed by atoms with van der Waals surface area (Å²) in [5.41, 5.74) is 6.18. The molecule has 0 fully saturated rings. The molecule has 2 aromatic carbocycles. The minimum Gasteiger partial charge on any atom is -0.495 e. The Morgan fingerprint density at radius 3 is 2.55 bits per heavy atom. The predicted molar refractivity (Wildman–Crippen MR) is 105 cm³/mol. The predicted octanol–water partition coefficient (Wildman–Crippen LogP) is 0.539. The fraction of sp³-hybridized carbons (Fsp3) is 0.188. The van der Waals surface area contributed by atoms with Gasteiger partial charge in [0, 0.05) is 0 Å². The third kappa shape index (κ3) is 4.63. The van der Waals surface area contributed by atoms with Gasteiger partial charge in [-0.3, -0.25) is 4.72 Å². The highest BCUT2D eigenvalue weighted by Crippen LogP contribution is 2.30. The molecule has 0 saturated carbocycles. The van der Waals surface area contributed by atoms with E-state index in [0.29, 0.717) is 0 Å². The van der Waals surface area contributed by atoms with Crippen LogP contribution in [0, 0.1) is 0 Å². The van der Waals surface area contributed by atoms with E-state index >= 15 is 0 Å². The minimum absolute atomic E-state index is 0.0103.